The SMILES string of the molecule is Cc1csc(CNC(=O)c2cc(N)cnc2Cl)n1. The number of carbonyl (C=O) groups excluding carboxylic acids is 1. The number of thiazole rings is 1. The highest BCUT2D eigenvalue weighted by molar-refractivity contribution is 7.09. The molecule has 0 fully saturated rings. The van der Waals surface area contributed by atoms with Crippen molar-refractivity contribution in [3.05, 3.63) is 39.1 Å². The molecule has 94 valence electrons. The first-order valence-corrected chi connectivity index (χ1v) is 6.42. The molecule has 0 saturated carbocycles. The number of nitrogens with zero attached hydrogens (tertiary/aromatic N) is 2. The van der Waals surface area contributed by atoms with Crippen LogP contribution in [-0.2, 0) is 6.54 Å². The summed E-state index contributed by atoms with van der Waals surface area (Å²) in [6.07, 6.45) is 1.41. The van der Waals surface area contributed by atoms with Gasteiger partial charge in [0.25, 0.3) is 5.91 Å². The van der Waals surface area contributed by atoms with E-state index in [-0.39, 0.29) is 16.6 Å². The number of anilines is 1. The number of nitrogens with one attached hydrogen (secondary N) is 1. The van der Waals surface area contributed by atoms with Gasteiger partial charge in [-0.25, -0.2) is 9.97 Å². The van der Waals surface area contributed by atoms with Crippen LogP contribution in [0.15, 0.2) is 17.6 Å². The summed E-state index contributed by atoms with van der Waals surface area (Å²) >= 11 is 7.33. The maximum Gasteiger partial charge on any atom is 0.254 e. The number of pyridine rings is 1. The Kier molecular flexibility index (Phi) is 3.78. The van der Waals surface area contributed by atoms with Crippen LogP contribution < -0.4 is 11.1 Å². The van der Waals surface area contributed by atoms with Gasteiger partial charge in [0.15, 0.2) is 0 Å². The number of halogens is 1. The first kappa shape index (κ1) is 12.8. The number of nitrogens with two attached hydrogens (primary N) is 1. The first-order chi connectivity index (χ1) is 8.56. The van der Waals surface area contributed by atoms with Crippen molar-refractivity contribution in [3.8, 4) is 0 Å². The number of rotatable bonds is 3. The average molecular weight is 283 g/mol. The van der Waals surface area contributed by atoms with E-state index < -0.39 is 0 Å². The van der Waals surface area contributed by atoms with Crippen molar-refractivity contribution in [3.63, 3.8) is 0 Å². The summed E-state index contributed by atoms with van der Waals surface area (Å²) in [7, 11) is 0. The van der Waals surface area contributed by atoms with E-state index >= 15 is 0 Å². The zero-order chi connectivity index (χ0) is 13.1. The third-order valence-corrected chi connectivity index (χ3v) is 3.44. The van der Waals surface area contributed by atoms with Crippen molar-refractivity contribution < 1.29 is 4.79 Å². The van der Waals surface area contributed by atoms with Gasteiger partial charge in [-0.2, -0.15) is 0 Å². The van der Waals surface area contributed by atoms with Gasteiger partial charge in [-0.3, -0.25) is 4.79 Å². The summed E-state index contributed by atoms with van der Waals surface area (Å²) < 4.78 is 0. The molecule has 2 aromatic rings. The van der Waals surface area contributed by atoms with Gasteiger partial charge in [0.2, 0.25) is 0 Å². The molecule has 0 saturated heterocycles. The van der Waals surface area contributed by atoms with Crippen LogP contribution >= 0.6 is 22.9 Å². The zero-order valence-corrected chi connectivity index (χ0v) is 11.2. The molecule has 0 bridgehead atoms. The molecule has 0 atom stereocenters. The number of aryl methyl sites for hydroxylation is 1. The summed E-state index contributed by atoms with van der Waals surface area (Å²) in [5.74, 6) is -0.312. The van der Waals surface area contributed by atoms with Crippen LogP contribution in [0.5, 0.6) is 0 Å². The molecule has 2 heterocycles. The minimum absolute atomic E-state index is 0.136. The molecular weight excluding hydrogens is 272 g/mol. The lowest BCUT2D eigenvalue weighted by Crippen LogP contribution is -2.23. The van der Waals surface area contributed by atoms with Crippen LogP contribution in [0, 0.1) is 6.92 Å². The third-order valence-electron chi connectivity index (χ3n) is 2.17. The van der Waals surface area contributed by atoms with Crippen LogP contribution in [0.1, 0.15) is 21.1 Å². The summed E-state index contributed by atoms with van der Waals surface area (Å²) in [4.78, 5) is 20.0. The third kappa shape index (κ3) is 2.96. The van der Waals surface area contributed by atoms with Crippen molar-refractivity contribution in [1.82, 2.24) is 15.3 Å². The Morgan fingerprint density at radius 3 is 3.06 bits per heavy atom. The summed E-state index contributed by atoms with van der Waals surface area (Å²) in [6, 6.07) is 1.50. The zero-order valence-electron chi connectivity index (χ0n) is 9.61. The number of hydrogen-bond acceptors (Lipinski definition) is 5. The van der Waals surface area contributed by atoms with Gasteiger partial charge in [-0.1, -0.05) is 11.6 Å². The van der Waals surface area contributed by atoms with E-state index in [2.05, 4.69) is 15.3 Å². The van der Waals surface area contributed by atoms with Gasteiger partial charge in [-0.05, 0) is 13.0 Å². The van der Waals surface area contributed by atoms with E-state index in [0.717, 1.165) is 10.7 Å². The molecule has 3 N–H and O–H groups in total. The van der Waals surface area contributed by atoms with Gasteiger partial charge < -0.3 is 11.1 Å². The molecule has 18 heavy (non-hydrogen) atoms. The second-order valence-corrected chi connectivity index (χ2v) is 4.97. The highest BCUT2D eigenvalue weighted by atomic mass is 35.5. The van der Waals surface area contributed by atoms with Crippen LogP contribution in [0.2, 0.25) is 5.15 Å². The molecule has 0 aliphatic heterocycles. The smallest absolute Gasteiger partial charge is 0.254 e. The van der Waals surface area contributed by atoms with Crippen LogP contribution in [0.25, 0.3) is 0 Å². The molecule has 2 aromatic heterocycles. The van der Waals surface area contributed by atoms with E-state index in [0.29, 0.717) is 12.2 Å². The molecule has 0 aliphatic rings. The van der Waals surface area contributed by atoms with Gasteiger partial charge in [0, 0.05) is 11.1 Å². The van der Waals surface area contributed by atoms with Gasteiger partial charge in [0.05, 0.1) is 24.0 Å². The van der Waals surface area contributed by atoms with Gasteiger partial charge >= 0.3 is 0 Å². The summed E-state index contributed by atoms with van der Waals surface area (Å²) in [5.41, 5.74) is 7.17. The van der Waals surface area contributed by atoms with E-state index in [1.54, 1.807) is 0 Å². The lowest BCUT2D eigenvalue weighted by Gasteiger charge is -2.05. The molecule has 7 heteroatoms. The van der Waals surface area contributed by atoms with E-state index in [9.17, 15) is 4.79 Å². The normalized spacial score (nSPS) is 10.3. The maximum absolute atomic E-state index is 11.9. The highest BCUT2D eigenvalue weighted by Crippen LogP contribution is 2.16. The number of aromatic nitrogens is 2. The van der Waals surface area contributed by atoms with Gasteiger partial charge in [-0.15, -0.1) is 11.3 Å². The summed E-state index contributed by atoms with van der Waals surface area (Å²) in [5, 5.41) is 5.63. The fourth-order valence-corrected chi connectivity index (χ4v) is 2.26. The number of amides is 1. The Bertz CT molecular complexity index is 584. The van der Waals surface area contributed by atoms with Crippen molar-refractivity contribution in [2.75, 3.05) is 5.73 Å². The minimum atomic E-state index is -0.312. The lowest BCUT2D eigenvalue weighted by molar-refractivity contribution is 0.0950. The highest BCUT2D eigenvalue weighted by Gasteiger charge is 2.12. The van der Waals surface area contributed by atoms with Crippen molar-refractivity contribution in [2.45, 2.75) is 13.5 Å². The molecule has 5 nitrogen and oxygen atoms in total. The number of carbonyl (C=O) groups is 1. The second kappa shape index (κ2) is 5.32. The minimum Gasteiger partial charge on any atom is -0.397 e. The molecular formula is C11H11ClN4OS. The van der Waals surface area contributed by atoms with E-state index in [1.165, 1.54) is 23.6 Å². The van der Waals surface area contributed by atoms with E-state index in [1.807, 2.05) is 12.3 Å². The van der Waals surface area contributed by atoms with Crippen LogP contribution in [0.3, 0.4) is 0 Å². The maximum atomic E-state index is 11.9. The summed E-state index contributed by atoms with van der Waals surface area (Å²) in [6.45, 7) is 2.27. The molecule has 0 aromatic carbocycles. The van der Waals surface area contributed by atoms with Crippen molar-refractivity contribution in [1.29, 1.82) is 0 Å². The Morgan fingerprint density at radius 1 is 1.61 bits per heavy atom. The predicted molar refractivity (Wildman–Crippen MR) is 71.7 cm³/mol. The molecule has 0 unspecified atom stereocenters. The standard InChI is InChI=1S/C11H11ClN4OS/c1-6-5-18-9(16-6)4-15-11(17)8-2-7(13)3-14-10(8)12/h2-3,5H,4,13H2,1H3,(H,15,17). The van der Waals surface area contributed by atoms with Crippen molar-refractivity contribution >= 4 is 34.5 Å². The molecule has 0 radical (unpaired) electrons. The van der Waals surface area contributed by atoms with Crippen LogP contribution in [-0.4, -0.2) is 15.9 Å². The Balaban J connectivity index is 2.05. The lowest BCUT2D eigenvalue weighted by atomic mass is 10.2. The molecule has 2 rings (SSSR count). The fraction of sp³-hybridized carbons (Fsp3) is 0.182. The fourth-order valence-electron chi connectivity index (χ4n) is 1.36. The largest absolute Gasteiger partial charge is 0.397 e. The Morgan fingerprint density at radius 2 is 2.39 bits per heavy atom. The predicted octanol–water partition coefficient (Wildman–Crippen LogP) is 2.01. The van der Waals surface area contributed by atoms with Gasteiger partial charge in [0.1, 0.15) is 10.2 Å². The number of nitrogen functional groups attached to an aromatic ring is 1. The molecule has 0 aliphatic carbocycles. The Hall–Kier alpha value is -1.66. The van der Waals surface area contributed by atoms with Crippen LogP contribution in [0.4, 0.5) is 5.69 Å². The quantitative estimate of drug-likeness (QED) is 0.844. The Labute approximate surface area is 113 Å². The molecule has 0 spiro atoms. The topological polar surface area (TPSA) is 80.9 Å². The second-order valence-electron chi connectivity index (χ2n) is 3.67. The average Bonchev–Trinajstić information content (AvgIpc) is 2.75. The van der Waals surface area contributed by atoms with E-state index in [4.69, 9.17) is 17.3 Å². The van der Waals surface area contributed by atoms with Crippen molar-refractivity contribution in [2.24, 2.45) is 0 Å². The first-order valence-electron chi connectivity index (χ1n) is 5.16. The monoisotopic (exact) mass is 282 g/mol. The molecule has 1 amide bonds. The number of hydrogen-bond donors (Lipinski definition) is 2.